The Morgan fingerprint density at radius 2 is 2.00 bits per heavy atom. The zero-order valence-corrected chi connectivity index (χ0v) is 15.3. The molecule has 0 fully saturated rings. The van der Waals surface area contributed by atoms with Gasteiger partial charge in [-0.1, -0.05) is 23.2 Å². The summed E-state index contributed by atoms with van der Waals surface area (Å²) in [6, 6.07) is 6.27. The highest BCUT2D eigenvalue weighted by molar-refractivity contribution is 7.18. The van der Waals surface area contributed by atoms with Crippen LogP contribution in [0.3, 0.4) is 0 Å². The Hall–Kier alpha value is -2.27. The summed E-state index contributed by atoms with van der Waals surface area (Å²) in [5, 5.41) is 9.87. The monoisotopic (exact) mass is 398 g/mol. The lowest BCUT2D eigenvalue weighted by atomic mass is 10.1. The van der Waals surface area contributed by atoms with Crippen LogP contribution < -0.4 is 5.73 Å². The van der Waals surface area contributed by atoms with E-state index >= 15 is 0 Å². The second-order valence-electron chi connectivity index (χ2n) is 4.68. The molecule has 1 aromatic heterocycles. The highest BCUT2D eigenvalue weighted by Gasteiger charge is 2.24. The Kier molecular flexibility index (Phi) is 6.26. The normalized spacial score (nSPS) is 10.2. The standard InChI is InChI=1S/C16H12Cl2N2O4S/c1-2-23-16(22)13-11(10(6-19)14(20)25-13)7-24-15(21)9-5-8(17)3-4-12(9)18/h3-5H,2,7,20H2,1H3. The molecule has 2 aromatic rings. The largest absolute Gasteiger partial charge is 0.462 e. The lowest BCUT2D eigenvalue weighted by molar-refractivity contribution is 0.0453. The predicted octanol–water partition coefficient (Wildman–Crippen LogP) is 4.04. The van der Waals surface area contributed by atoms with Gasteiger partial charge in [0.15, 0.2) is 0 Å². The number of nitrogen functional groups attached to an aromatic ring is 1. The summed E-state index contributed by atoms with van der Waals surface area (Å²) in [7, 11) is 0. The number of nitriles is 1. The topological polar surface area (TPSA) is 102 Å². The molecule has 0 atom stereocenters. The minimum absolute atomic E-state index is 0.0774. The van der Waals surface area contributed by atoms with Crippen LogP contribution in [-0.2, 0) is 16.1 Å². The highest BCUT2D eigenvalue weighted by atomic mass is 35.5. The van der Waals surface area contributed by atoms with Crippen LogP contribution >= 0.6 is 34.5 Å². The van der Waals surface area contributed by atoms with E-state index in [0.29, 0.717) is 5.02 Å². The molecule has 0 amide bonds. The van der Waals surface area contributed by atoms with Crippen LogP contribution in [0.5, 0.6) is 0 Å². The van der Waals surface area contributed by atoms with E-state index in [1.807, 2.05) is 6.07 Å². The smallest absolute Gasteiger partial charge is 0.348 e. The Labute approximate surface area is 157 Å². The Morgan fingerprint density at radius 1 is 1.28 bits per heavy atom. The first-order valence-corrected chi connectivity index (χ1v) is 8.56. The summed E-state index contributed by atoms with van der Waals surface area (Å²) in [6.45, 7) is 1.49. The summed E-state index contributed by atoms with van der Waals surface area (Å²) in [5.74, 6) is -1.37. The zero-order chi connectivity index (χ0) is 18.6. The Morgan fingerprint density at radius 3 is 2.64 bits per heavy atom. The van der Waals surface area contributed by atoms with Crippen molar-refractivity contribution in [1.82, 2.24) is 0 Å². The molecule has 1 aromatic carbocycles. The number of carbonyl (C=O) groups excluding carboxylic acids is 2. The number of anilines is 1. The number of ether oxygens (including phenoxy) is 2. The van der Waals surface area contributed by atoms with Crippen molar-refractivity contribution in [2.45, 2.75) is 13.5 Å². The van der Waals surface area contributed by atoms with Gasteiger partial charge in [0.1, 0.15) is 22.6 Å². The molecule has 9 heteroatoms. The number of nitrogens with two attached hydrogens (primary N) is 1. The van der Waals surface area contributed by atoms with Crippen molar-refractivity contribution in [3.05, 3.63) is 49.8 Å². The molecule has 0 saturated carbocycles. The van der Waals surface area contributed by atoms with Gasteiger partial charge in [-0.3, -0.25) is 0 Å². The number of benzene rings is 1. The Bertz CT molecular complexity index is 874. The van der Waals surface area contributed by atoms with E-state index in [-0.39, 0.29) is 44.8 Å². The van der Waals surface area contributed by atoms with Gasteiger partial charge in [-0.05, 0) is 25.1 Å². The molecule has 0 aliphatic rings. The van der Waals surface area contributed by atoms with Crippen molar-refractivity contribution in [1.29, 1.82) is 5.26 Å². The molecule has 1 heterocycles. The van der Waals surface area contributed by atoms with Crippen LogP contribution in [0.4, 0.5) is 5.00 Å². The number of hydrogen-bond acceptors (Lipinski definition) is 7. The molecule has 0 aliphatic heterocycles. The van der Waals surface area contributed by atoms with Crippen molar-refractivity contribution in [2.75, 3.05) is 12.3 Å². The van der Waals surface area contributed by atoms with Gasteiger partial charge in [0, 0.05) is 10.6 Å². The SMILES string of the molecule is CCOC(=O)c1sc(N)c(C#N)c1COC(=O)c1cc(Cl)ccc1Cl. The van der Waals surface area contributed by atoms with E-state index in [4.69, 9.17) is 38.4 Å². The molecule has 130 valence electrons. The maximum Gasteiger partial charge on any atom is 0.348 e. The number of nitrogens with zero attached hydrogens (tertiary/aromatic N) is 1. The van der Waals surface area contributed by atoms with Crippen LogP contribution in [0.2, 0.25) is 10.0 Å². The van der Waals surface area contributed by atoms with E-state index in [1.165, 1.54) is 18.2 Å². The molecule has 0 bridgehead atoms. The average molecular weight is 399 g/mol. The third kappa shape index (κ3) is 4.23. The third-order valence-corrected chi connectivity index (χ3v) is 4.71. The minimum atomic E-state index is -0.740. The van der Waals surface area contributed by atoms with E-state index < -0.39 is 11.9 Å². The van der Waals surface area contributed by atoms with Gasteiger partial charge in [0.25, 0.3) is 0 Å². The fourth-order valence-corrected chi connectivity index (χ4v) is 3.26. The number of rotatable bonds is 5. The molecule has 6 nitrogen and oxygen atoms in total. The van der Waals surface area contributed by atoms with Crippen LogP contribution in [0.1, 0.15) is 38.1 Å². The average Bonchev–Trinajstić information content (AvgIpc) is 2.90. The van der Waals surface area contributed by atoms with Crippen LogP contribution in [0.25, 0.3) is 0 Å². The molecule has 0 saturated heterocycles. The number of carbonyl (C=O) groups is 2. The molecular formula is C16H12Cl2N2O4S. The molecular weight excluding hydrogens is 387 g/mol. The summed E-state index contributed by atoms with van der Waals surface area (Å²) in [4.78, 5) is 24.3. The lowest BCUT2D eigenvalue weighted by Gasteiger charge is -2.08. The number of thiophene rings is 1. The van der Waals surface area contributed by atoms with Crippen molar-refractivity contribution < 1.29 is 19.1 Å². The number of halogens is 2. The van der Waals surface area contributed by atoms with Gasteiger partial charge in [0.2, 0.25) is 0 Å². The van der Waals surface area contributed by atoms with Crippen molar-refractivity contribution in [3.8, 4) is 6.07 Å². The lowest BCUT2D eigenvalue weighted by Crippen LogP contribution is -2.10. The molecule has 0 radical (unpaired) electrons. The zero-order valence-electron chi connectivity index (χ0n) is 13.0. The van der Waals surface area contributed by atoms with Crippen molar-refractivity contribution >= 4 is 51.5 Å². The van der Waals surface area contributed by atoms with Crippen molar-refractivity contribution in [2.24, 2.45) is 0 Å². The van der Waals surface area contributed by atoms with E-state index in [0.717, 1.165) is 11.3 Å². The number of esters is 2. The molecule has 0 unspecified atom stereocenters. The highest BCUT2D eigenvalue weighted by Crippen LogP contribution is 2.32. The summed E-state index contributed by atoms with van der Waals surface area (Å²) < 4.78 is 10.1. The van der Waals surface area contributed by atoms with E-state index in [2.05, 4.69) is 0 Å². The van der Waals surface area contributed by atoms with Gasteiger partial charge < -0.3 is 15.2 Å². The second kappa shape index (κ2) is 8.21. The van der Waals surface area contributed by atoms with Gasteiger partial charge in [-0.2, -0.15) is 5.26 Å². The second-order valence-corrected chi connectivity index (χ2v) is 6.58. The quantitative estimate of drug-likeness (QED) is 0.762. The van der Waals surface area contributed by atoms with Gasteiger partial charge in [-0.15, -0.1) is 11.3 Å². The first kappa shape index (κ1) is 19.1. The predicted molar refractivity (Wildman–Crippen MR) is 95.0 cm³/mol. The summed E-state index contributed by atoms with van der Waals surface area (Å²) in [6.07, 6.45) is 0. The molecule has 2 rings (SSSR count). The summed E-state index contributed by atoms with van der Waals surface area (Å²) >= 11 is 12.7. The molecule has 0 aliphatic carbocycles. The maximum atomic E-state index is 12.2. The fourth-order valence-electron chi connectivity index (χ4n) is 1.98. The minimum Gasteiger partial charge on any atom is -0.462 e. The van der Waals surface area contributed by atoms with E-state index in [1.54, 1.807) is 6.92 Å². The van der Waals surface area contributed by atoms with Crippen LogP contribution in [0, 0.1) is 11.3 Å². The fraction of sp³-hybridized carbons (Fsp3) is 0.188. The first-order valence-electron chi connectivity index (χ1n) is 6.99. The molecule has 2 N–H and O–H groups in total. The van der Waals surface area contributed by atoms with Gasteiger partial charge >= 0.3 is 11.9 Å². The van der Waals surface area contributed by atoms with E-state index in [9.17, 15) is 14.9 Å². The number of hydrogen-bond donors (Lipinski definition) is 1. The van der Waals surface area contributed by atoms with Crippen LogP contribution in [0.15, 0.2) is 18.2 Å². The first-order chi connectivity index (χ1) is 11.9. The third-order valence-electron chi connectivity index (χ3n) is 3.10. The van der Waals surface area contributed by atoms with Crippen molar-refractivity contribution in [3.63, 3.8) is 0 Å². The Balaban J connectivity index is 2.28. The molecule has 0 spiro atoms. The maximum absolute atomic E-state index is 12.2. The van der Waals surface area contributed by atoms with Gasteiger partial charge in [-0.25, -0.2) is 9.59 Å². The van der Waals surface area contributed by atoms with Crippen LogP contribution in [-0.4, -0.2) is 18.5 Å². The van der Waals surface area contributed by atoms with Gasteiger partial charge in [0.05, 0.1) is 22.8 Å². The molecule has 25 heavy (non-hydrogen) atoms. The summed E-state index contributed by atoms with van der Waals surface area (Å²) in [5.41, 5.74) is 6.12.